The van der Waals surface area contributed by atoms with Gasteiger partial charge in [0.2, 0.25) is 0 Å². The minimum Gasteiger partial charge on any atom is -0.505 e. The first-order chi connectivity index (χ1) is 8.99. The fourth-order valence-corrected chi connectivity index (χ4v) is 2.12. The lowest BCUT2D eigenvalue weighted by molar-refractivity contribution is 0.102. The fourth-order valence-electron chi connectivity index (χ4n) is 1.45. The lowest BCUT2D eigenvalue weighted by Crippen LogP contribution is -2.12. The number of hydrogen-bond donors (Lipinski definition) is 2. The van der Waals surface area contributed by atoms with E-state index in [1.54, 1.807) is 24.3 Å². The highest BCUT2D eigenvalue weighted by molar-refractivity contribution is 6.38. The van der Waals surface area contributed by atoms with E-state index in [4.69, 9.17) is 34.8 Å². The van der Waals surface area contributed by atoms with Crippen molar-refractivity contribution < 1.29 is 9.90 Å². The Bertz CT molecular complexity index is 621. The van der Waals surface area contributed by atoms with E-state index in [0.29, 0.717) is 10.7 Å². The number of para-hydroxylation sites is 1. The molecule has 2 aromatic carbocycles. The Hall–Kier alpha value is -1.42. The topological polar surface area (TPSA) is 49.3 Å². The number of rotatable bonds is 2. The SMILES string of the molecule is O=C(Nc1ccccc1Cl)c1cc(Cl)c(O)c(Cl)c1. The molecule has 0 heterocycles. The van der Waals surface area contributed by atoms with Gasteiger partial charge >= 0.3 is 0 Å². The summed E-state index contributed by atoms with van der Waals surface area (Å²) in [5.41, 5.74) is 0.710. The van der Waals surface area contributed by atoms with E-state index in [9.17, 15) is 9.90 Å². The van der Waals surface area contributed by atoms with Gasteiger partial charge in [-0.15, -0.1) is 0 Å². The quantitative estimate of drug-likeness (QED) is 0.850. The van der Waals surface area contributed by atoms with E-state index in [2.05, 4.69) is 5.32 Å². The summed E-state index contributed by atoms with van der Waals surface area (Å²) in [6, 6.07) is 9.49. The third kappa shape index (κ3) is 3.13. The van der Waals surface area contributed by atoms with Gasteiger partial charge < -0.3 is 10.4 Å². The Kier molecular flexibility index (Phi) is 4.20. The van der Waals surface area contributed by atoms with Crippen LogP contribution in [0.4, 0.5) is 5.69 Å². The van der Waals surface area contributed by atoms with Crippen LogP contribution in [-0.2, 0) is 0 Å². The van der Waals surface area contributed by atoms with Crippen molar-refractivity contribution in [3.05, 3.63) is 57.0 Å². The minimum absolute atomic E-state index is 0.0109. The Labute approximate surface area is 124 Å². The second-order valence-electron chi connectivity index (χ2n) is 3.72. The highest BCUT2D eigenvalue weighted by Gasteiger charge is 2.13. The molecule has 0 saturated carbocycles. The molecule has 3 nitrogen and oxygen atoms in total. The summed E-state index contributed by atoms with van der Waals surface area (Å²) in [6.45, 7) is 0. The average Bonchev–Trinajstić information content (AvgIpc) is 2.38. The first-order valence-electron chi connectivity index (χ1n) is 5.23. The third-order valence-corrected chi connectivity index (χ3v) is 3.31. The van der Waals surface area contributed by atoms with Crippen LogP contribution < -0.4 is 5.32 Å². The van der Waals surface area contributed by atoms with Crippen LogP contribution in [-0.4, -0.2) is 11.0 Å². The molecule has 0 aliphatic heterocycles. The van der Waals surface area contributed by atoms with Crippen molar-refractivity contribution in [3.63, 3.8) is 0 Å². The van der Waals surface area contributed by atoms with Crippen LogP contribution in [0.2, 0.25) is 15.1 Å². The Morgan fingerprint density at radius 1 is 1.00 bits per heavy atom. The van der Waals surface area contributed by atoms with Crippen molar-refractivity contribution in [2.45, 2.75) is 0 Å². The van der Waals surface area contributed by atoms with Crippen molar-refractivity contribution in [1.29, 1.82) is 0 Å². The molecule has 0 atom stereocenters. The van der Waals surface area contributed by atoms with Crippen LogP contribution in [0.1, 0.15) is 10.4 Å². The Morgan fingerprint density at radius 2 is 1.58 bits per heavy atom. The van der Waals surface area contributed by atoms with Crippen molar-refractivity contribution in [3.8, 4) is 5.75 Å². The molecule has 0 bridgehead atoms. The molecule has 19 heavy (non-hydrogen) atoms. The number of phenols is 1. The summed E-state index contributed by atoms with van der Waals surface area (Å²) < 4.78 is 0. The second-order valence-corrected chi connectivity index (χ2v) is 4.94. The molecule has 0 spiro atoms. The number of carbonyl (C=O) groups is 1. The van der Waals surface area contributed by atoms with Gasteiger partial charge in [-0.1, -0.05) is 46.9 Å². The molecule has 0 aliphatic carbocycles. The highest BCUT2D eigenvalue weighted by Crippen LogP contribution is 2.33. The minimum atomic E-state index is -0.420. The Balaban J connectivity index is 2.28. The van der Waals surface area contributed by atoms with Crippen molar-refractivity contribution in [2.24, 2.45) is 0 Å². The zero-order valence-corrected chi connectivity index (χ0v) is 11.7. The number of carbonyl (C=O) groups excluding carboxylic acids is 1. The van der Waals surface area contributed by atoms with Gasteiger partial charge in [0.25, 0.3) is 5.91 Å². The number of anilines is 1. The van der Waals surface area contributed by atoms with E-state index in [-0.39, 0.29) is 21.4 Å². The maximum atomic E-state index is 12.0. The van der Waals surface area contributed by atoms with Gasteiger partial charge in [0.1, 0.15) is 0 Å². The maximum Gasteiger partial charge on any atom is 0.255 e. The number of phenolic OH excluding ortho intramolecular Hbond substituents is 1. The first kappa shape index (κ1) is 14.0. The average molecular weight is 317 g/mol. The monoisotopic (exact) mass is 315 g/mol. The second kappa shape index (κ2) is 5.70. The van der Waals surface area contributed by atoms with Crippen molar-refractivity contribution in [1.82, 2.24) is 0 Å². The van der Waals surface area contributed by atoms with Gasteiger partial charge in [-0.2, -0.15) is 0 Å². The molecule has 0 aromatic heterocycles. The maximum absolute atomic E-state index is 12.0. The molecule has 0 aliphatic rings. The molecule has 2 rings (SSSR count). The van der Waals surface area contributed by atoms with E-state index >= 15 is 0 Å². The fraction of sp³-hybridized carbons (Fsp3) is 0. The number of benzene rings is 2. The summed E-state index contributed by atoms with van der Waals surface area (Å²) >= 11 is 17.5. The Morgan fingerprint density at radius 3 is 2.16 bits per heavy atom. The van der Waals surface area contributed by atoms with E-state index in [0.717, 1.165) is 0 Å². The number of halogens is 3. The van der Waals surface area contributed by atoms with Gasteiger partial charge in [-0.25, -0.2) is 0 Å². The van der Waals surface area contributed by atoms with Crippen LogP contribution in [0.3, 0.4) is 0 Å². The van der Waals surface area contributed by atoms with Crippen molar-refractivity contribution >= 4 is 46.4 Å². The summed E-state index contributed by atoms with van der Waals surface area (Å²) in [4.78, 5) is 12.0. The molecule has 0 fully saturated rings. The zero-order chi connectivity index (χ0) is 14.0. The number of aromatic hydroxyl groups is 1. The lowest BCUT2D eigenvalue weighted by Gasteiger charge is -2.08. The number of amides is 1. The highest BCUT2D eigenvalue weighted by atomic mass is 35.5. The van der Waals surface area contributed by atoms with E-state index < -0.39 is 5.91 Å². The van der Waals surface area contributed by atoms with Crippen LogP contribution in [0.5, 0.6) is 5.75 Å². The first-order valence-corrected chi connectivity index (χ1v) is 6.36. The lowest BCUT2D eigenvalue weighted by atomic mass is 10.2. The largest absolute Gasteiger partial charge is 0.505 e. The van der Waals surface area contributed by atoms with E-state index in [1.165, 1.54) is 12.1 Å². The van der Waals surface area contributed by atoms with Gasteiger partial charge in [-0.3, -0.25) is 4.79 Å². The number of hydrogen-bond acceptors (Lipinski definition) is 2. The molecular formula is C13H8Cl3NO2. The molecule has 0 saturated heterocycles. The van der Waals surface area contributed by atoms with Crippen LogP contribution in [0, 0.1) is 0 Å². The summed E-state index contributed by atoms with van der Waals surface area (Å²) in [6.07, 6.45) is 0. The molecule has 1 amide bonds. The molecule has 0 radical (unpaired) electrons. The predicted octanol–water partition coefficient (Wildman–Crippen LogP) is 4.60. The zero-order valence-electron chi connectivity index (χ0n) is 9.45. The van der Waals surface area contributed by atoms with E-state index in [1.807, 2.05) is 0 Å². The summed E-state index contributed by atoms with van der Waals surface area (Å²) in [5.74, 6) is -0.672. The molecule has 6 heteroatoms. The van der Waals surface area contributed by atoms with Crippen LogP contribution in [0.15, 0.2) is 36.4 Å². The normalized spacial score (nSPS) is 10.3. The smallest absolute Gasteiger partial charge is 0.255 e. The third-order valence-electron chi connectivity index (χ3n) is 2.40. The van der Waals surface area contributed by atoms with Gasteiger partial charge in [0, 0.05) is 5.56 Å². The summed E-state index contributed by atoms with van der Waals surface area (Å²) in [5, 5.41) is 12.5. The number of nitrogens with one attached hydrogen (secondary N) is 1. The van der Waals surface area contributed by atoms with Crippen LogP contribution in [0.25, 0.3) is 0 Å². The summed E-state index contributed by atoms with van der Waals surface area (Å²) in [7, 11) is 0. The standard InChI is InChI=1S/C13H8Cl3NO2/c14-8-3-1-2-4-11(8)17-13(19)7-5-9(15)12(18)10(16)6-7/h1-6,18H,(H,17,19). The predicted molar refractivity (Wildman–Crippen MR) is 77.5 cm³/mol. The molecule has 98 valence electrons. The van der Waals surface area contributed by atoms with Gasteiger partial charge in [-0.05, 0) is 24.3 Å². The molecule has 0 unspecified atom stereocenters. The molecular weight excluding hydrogens is 309 g/mol. The van der Waals surface area contributed by atoms with Crippen LogP contribution >= 0.6 is 34.8 Å². The molecule has 2 N–H and O–H groups in total. The molecule has 2 aromatic rings. The van der Waals surface area contributed by atoms with Gasteiger partial charge in [0.05, 0.1) is 20.8 Å². The van der Waals surface area contributed by atoms with Crippen molar-refractivity contribution in [2.75, 3.05) is 5.32 Å². The van der Waals surface area contributed by atoms with Gasteiger partial charge in [0.15, 0.2) is 5.75 Å².